The Bertz CT molecular complexity index is 3090. The van der Waals surface area contributed by atoms with Gasteiger partial charge in [-0.25, -0.2) is 15.0 Å². The van der Waals surface area contributed by atoms with Crippen LogP contribution in [0.25, 0.3) is 67.4 Å². The molecule has 0 aliphatic heterocycles. The Balaban J connectivity index is 1.03. The number of benzene rings is 8. The van der Waals surface area contributed by atoms with Crippen molar-refractivity contribution < 1.29 is 0 Å². The van der Waals surface area contributed by atoms with Crippen LogP contribution in [0.15, 0.2) is 242 Å². The fourth-order valence-electron chi connectivity index (χ4n) is 8.94. The van der Waals surface area contributed by atoms with Crippen molar-refractivity contribution in [3.05, 3.63) is 265 Å². The lowest BCUT2D eigenvalue weighted by Crippen LogP contribution is -2.26. The molecule has 0 fully saturated rings. The van der Waals surface area contributed by atoms with E-state index in [1.807, 2.05) is 24.3 Å². The zero-order valence-electron chi connectivity index (χ0n) is 37.9. The van der Waals surface area contributed by atoms with Gasteiger partial charge < -0.3 is 0 Å². The highest BCUT2D eigenvalue weighted by Gasteiger charge is 2.31. The largest absolute Gasteiger partial charge is 0.248 e. The molecule has 0 amide bonds. The van der Waals surface area contributed by atoms with Gasteiger partial charge >= 0.3 is 0 Å². The first-order valence-corrected chi connectivity index (χ1v) is 22.9. The van der Waals surface area contributed by atoms with E-state index in [1.54, 1.807) is 0 Å². The summed E-state index contributed by atoms with van der Waals surface area (Å²) in [6.45, 7) is 11.2. The standard InChI is InChI=1S/C63H53N3/c1-5-63(6-2,57-39-35-54(36-40-57)59(43-45(3)47-19-11-7-12-20-47)64-46(4)48-27-29-51(30-28-48)49-21-13-8-14-22-49)58-41-37-55(38-42-58)61-44-60(53-25-17-10-18-26-53)65-62(66-61)56-33-31-52(32-34-56)50-23-15-9-16-24-50/h7-44H,4-6H2,1-3H3/b45-43+,64-59+. The van der Waals surface area contributed by atoms with Gasteiger partial charge in [0.05, 0.1) is 22.8 Å². The van der Waals surface area contributed by atoms with E-state index in [0.29, 0.717) is 5.82 Å². The Morgan fingerprint density at radius 3 is 1.32 bits per heavy atom. The van der Waals surface area contributed by atoms with Crippen LogP contribution in [-0.2, 0) is 5.41 Å². The van der Waals surface area contributed by atoms with Gasteiger partial charge in [-0.15, -0.1) is 0 Å². The smallest absolute Gasteiger partial charge is 0.160 e. The van der Waals surface area contributed by atoms with Crippen molar-refractivity contribution in [3.8, 4) is 56.2 Å². The van der Waals surface area contributed by atoms with E-state index >= 15 is 0 Å². The van der Waals surface area contributed by atoms with Gasteiger partial charge in [0.1, 0.15) is 0 Å². The fourth-order valence-corrected chi connectivity index (χ4v) is 8.94. The first-order chi connectivity index (χ1) is 32.4. The first kappa shape index (κ1) is 43.3. The van der Waals surface area contributed by atoms with Gasteiger partial charge in [0, 0.05) is 27.7 Å². The van der Waals surface area contributed by atoms with Crippen molar-refractivity contribution in [1.82, 2.24) is 9.97 Å². The second-order valence-electron chi connectivity index (χ2n) is 16.8. The van der Waals surface area contributed by atoms with Crippen molar-refractivity contribution in [1.29, 1.82) is 0 Å². The summed E-state index contributed by atoms with van der Waals surface area (Å²) in [4.78, 5) is 15.5. The van der Waals surface area contributed by atoms with Crippen molar-refractivity contribution in [2.45, 2.75) is 39.0 Å². The Morgan fingerprint density at radius 1 is 0.439 bits per heavy atom. The molecular weight excluding hydrogens is 799 g/mol. The quantitative estimate of drug-likeness (QED) is 0.102. The van der Waals surface area contributed by atoms with Crippen LogP contribution in [0.5, 0.6) is 0 Å². The average Bonchev–Trinajstić information content (AvgIpc) is 3.40. The van der Waals surface area contributed by atoms with Crippen molar-refractivity contribution in [2.75, 3.05) is 0 Å². The topological polar surface area (TPSA) is 38.1 Å². The highest BCUT2D eigenvalue weighted by Crippen LogP contribution is 2.40. The molecule has 3 heteroatoms. The molecule has 0 radical (unpaired) electrons. The van der Waals surface area contributed by atoms with Gasteiger partial charge in [-0.1, -0.05) is 239 Å². The second kappa shape index (κ2) is 19.8. The summed E-state index contributed by atoms with van der Waals surface area (Å²) in [6.07, 6.45) is 4.07. The molecule has 66 heavy (non-hydrogen) atoms. The summed E-state index contributed by atoms with van der Waals surface area (Å²) < 4.78 is 0. The van der Waals surface area contributed by atoms with Gasteiger partial charge in [-0.3, -0.25) is 0 Å². The molecule has 0 saturated heterocycles. The van der Waals surface area contributed by atoms with E-state index in [9.17, 15) is 0 Å². The molecule has 8 aromatic carbocycles. The lowest BCUT2D eigenvalue weighted by Gasteiger charge is -2.33. The van der Waals surface area contributed by atoms with Crippen LogP contribution >= 0.6 is 0 Å². The molecule has 0 atom stereocenters. The maximum Gasteiger partial charge on any atom is 0.160 e. The third-order valence-corrected chi connectivity index (χ3v) is 12.9. The van der Waals surface area contributed by atoms with E-state index in [2.05, 4.69) is 234 Å². The van der Waals surface area contributed by atoms with Crippen molar-refractivity contribution in [2.24, 2.45) is 4.99 Å². The summed E-state index contributed by atoms with van der Waals surface area (Å²) in [6, 6.07) is 79.0. The monoisotopic (exact) mass is 851 g/mol. The Kier molecular flexibility index (Phi) is 13.0. The van der Waals surface area contributed by atoms with Crippen molar-refractivity contribution >= 4 is 17.0 Å². The summed E-state index contributed by atoms with van der Waals surface area (Å²) in [5.41, 5.74) is 17.8. The van der Waals surface area contributed by atoms with E-state index in [4.69, 9.17) is 15.0 Å². The summed E-state index contributed by atoms with van der Waals surface area (Å²) in [7, 11) is 0. The van der Waals surface area contributed by atoms with Gasteiger partial charge in [0.15, 0.2) is 5.82 Å². The highest BCUT2D eigenvalue weighted by atomic mass is 14.9. The SMILES string of the molecule is C=C(/N=C(\C=C(/C)c1ccccc1)c1ccc(C(CC)(CC)c2ccc(-c3cc(-c4ccccc4)nc(-c4ccc(-c5ccccc5)cc4)n3)cc2)cc1)c1ccc(-c2ccccc2)cc1. The van der Waals surface area contributed by atoms with Crippen molar-refractivity contribution in [3.63, 3.8) is 0 Å². The molecule has 9 aromatic rings. The van der Waals surface area contributed by atoms with E-state index < -0.39 is 0 Å². The molecular formula is C63H53N3. The van der Waals surface area contributed by atoms with Crippen LogP contribution in [-0.4, -0.2) is 15.7 Å². The molecule has 0 unspecified atom stereocenters. The number of allylic oxidation sites excluding steroid dienone is 2. The minimum Gasteiger partial charge on any atom is -0.248 e. The zero-order valence-corrected chi connectivity index (χ0v) is 37.9. The minimum absolute atomic E-state index is 0.194. The summed E-state index contributed by atoms with van der Waals surface area (Å²) >= 11 is 0. The van der Waals surface area contributed by atoms with E-state index in [0.717, 1.165) is 85.7 Å². The van der Waals surface area contributed by atoms with Crippen LogP contribution in [0, 0.1) is 0 Å². The maximum atomic E-state index is 5.22. The number of nitrogens with zero attached hydrogens (tertiary/aromatic N) is 3. The predicted octanol–water partition coefficient (Wildman–Crippen LogP) is 16.5. The minimum atomic E-state index is -0.194. The summed E-state index contributed by atoms with van der Waals surface area (Å²) in [5.74, 6) is 0.702. The molecule has 1 aromatic heterocycles. The van der Waals surface area contributed by atoms with Crippen LogP contribution in [0.3, 0.4) is 0 Å². The van der Waals surface area contributed by atoms with Crippen LogP contribution < -0.4 is 0 Å². The molecule has 0 saturated carbocycles. The first-order valence-electron chi connectivity index (χ1n) is 22.9. The van der Waals surface area contributed by atoms with E-state index in [-0.39, 0.29) is 5.41 Å². The van der Waals surface area contributed by atoms with E-state index in [1.165, 1.54) is 22.3 Å². The average molecular weight is 852 g/mol. The Morgan fingerprint density at radius 2 is 0.818 bits per heavy atom. The van der Waals surface area contributed by atoms with Crippen LogP contribution in [0.2, 0.25) is 0 Å². The van der Waals surface area contributed by atoms with Gasteiger partial charge in [0.2, 0.25) is 0 Å². The molecule has 0 N–H and O–H groups in total. The third-order valence-electron chi connectivity index (χ3n) is 12.9. The predicted molar refractivity (Wildman–Crippen MR) is 279 cm³/mol. The zero-order chi connectivity index (χ0) is 45.3. The second-order valence-corrected chi connectivity index (χ2v) is 16.8. The molecule has 0 aliphatic carbocycles. The molecule has 0 spiro atoms. The summed E-state index contributed by atoms with van der Waals surface area (Å²) in [5, 5.41) is 0. The maximum absolute atomic E-state index is 5.22. The fraction of sp³-hybridized carbons (Fsp3) is 0.0952. The highest BCUT2D eigenvalue weighted by molar-refractivity contribution is 6.14. The Hall–Kier alpha value is -8.01. The molecule has 0 aliphatic rings. The Labute approximate surface area is 390 Å². The molecule has 0 bridgehead atoms. The van der Waals surface area contributed by atoms with Gasteiger partial charge in [-0.2, -0.15) is 0 Å². The number of hydrogen-bond donors (Lipinski definition) is 0. The number of hydrogen-bond acceptors (Lipinski definition) is 3. The molecule has 3 nitrogen and oxygen atoms in total. The van der Waals surface area contributed by atoms with Gasteiger partial charge in [0.25, 0.3) is 0 Å². The van der Waals surface area contributed by atoms with Crippen LogP contribution in [0.1, 0.15) is 61.4 Å². The normalized spacial score (nSPS) is 11.9. The van der Waals surface area contributed by atoms with Crippen LogP contribution in [0.4, 0.5) is 0 Å². The lowest BCUT2D eigenvalue weighted by atomic mass is 9.70. The van der Waals surface area contributed by atoms with Gasteiger partial charge in [-0.05, 0) is 82.0 Å². The molecule has 1 heterocycles. The number of aromatic nitrogens is 2. The molecule has 320 valence electrons. The lowest BCUT2D eigenvalue weighted by molar-refractivity contribution is 0.478. The number of aliphatic imine (C=N–C) groups is 1. The molecule has 9 rings (SSSR count). The third kappa shape index (κ3) is 9.43. The number of rotatable bonds is 14.